The van der Waals surface area contributed by atoms with Crippen molar-refractivity contribution in [1.29, 1.82) is 0 Å². The number of urea groups is 1. The van der Waals surface area contributed by atoms with E-state index in [1.807, 2.05) is 0 Å². The van der Waals surface area contributed by atoms with E-state index in [1.165, 1.54) is 0 Å². The van der Waals surface area contributed by atoms with Crippen LogP contribution < -0.4 is 16.2 Å². The quantitative estimate of drug-likeness (QED) is 0.777. The molecule has 2 aliphatic rings. The van der Waals surface area contributed by atoms with Gasteiger partial charge in [-0.05, 0) is 24.6 Å². The van der Waals surface area contributed by atoms with Crippen LogP contribution in [0.1, 0.15) is 19.3 Å². The molecule has 7 heteroatoms. The molecule has 1 spiro atoms. The Morgan fingerprint density at radius 3 is 2.84 bits per heavy atom. The van der Waals surface area contributed by atoms with Crippen LogP contribution in [0.25, 0.3) is 10.8 Å². The normalized spacial score (nSPS) is 22.2. The topological polar surface area (TPSA) is 92.5 Å². The molecule has 2 fully saturated rings. The van der Waals surface area contributed by atoms with Crippen LogP contribution in [0.5, 0.6) is 0 Å². The van der Waals surface area contributed by atoms with Crippen molar-refractivity contribution in [2.75, 3.05) is 25.1 Å². The minimum Gasteiger partial charge on any atom is -0.381 e. The van der Waals surface area contributed by atoms with Gasteiger partial charge in [0.05, 0.1) is 17.3 Å². The van der Waals surface area contributed by atoms with E-state index >= 15 is 0 Å². The summed E-state index contributed by atoms with van der Waals surface area (Å²) in [4.78, 5) is 27.1. The third-order valence-corrected chi connectivity index (χ3v) is 5.14. The summed E-state index contributed by atoms with van der Waals surface area (Å²) in [5.41, 5.74) is 0.124. The average molecular weight is 343 g/mol. The fourth-order valence-corrected chi connectivity index (χ4v) is 3.80. The minimum atomic E-state index is -0.314. The van der Waals surface area contributed by atoms with Gasteiger partial charge in [-0.15, -0.1) is 0 Å². The number of carbonyl (C=O) groups is 1. The highest BCUT2D eigenvalue weighted by molar-refractivity contribution is 6.01. The van der Waals surface area contributed by atoms with Gasteiger partial charge in [-0.25, -0.2) is 4.79 Å². The summed E-state index contributed by atoms with van der Waals surface area (Å²) in [5.74, 6) is 0. The monoisotopic (exact) mass is 343 g/mol. The molecule has 2 amide bonds. The fraction of sp³-hybridized carbons (Fsp3) is 0.444. The highest BCUT2D eigenvalue weighted by Gasteiger charge is 2.46. The molecule has 7 nitrogen and oxygen atoms in total. The van der Waals surface area contributed by atoms with Gasteiger partial charge in [0.1, 0.15) is 0 Å². The van der Waals surface area contributed by atoms with Crippen LogP contribution in [0.2, 0.25) is 0 Å². The van der Waals surface area contributed by atoms with E-state index in [0.29, 0.717) is 36.3 Å². The Kier molecular flexibility index (Phi) is 4.19. The summed E-state index contributed by atoms with van der Waals surface area (Å²) in [6.45, 7) is 1.96. The predicted octanol–water partition coefficient (Wildman–Crippen LogP) is 1.99. The fourth-order valence-electron chi connectivity index (χ4n) is 3.80. The van der Waals surface area contributed by atoms with Gasteiger partial charge in [0.25, 0.3) is 5.56 Å². The average Bonchev–Trinajstić information content (AvgIpc) is 2.98. The van der Waals surface area contributed by atoms with E-state index in [0.717, 1.165) is 19.3 Å². The molecule has 0 aliphatic carbocycles. The number of carbonyl (C=O) groups excluding carboxylic acids is 1. The van der Waals surface area contributed by atoms with E-state index in [-0.39, 0.29) is 23.2 Å². The standard InChI is InChI=1S/C18H21N3O4/c22-16-13-2-1-3-14(12(13)4-8-19-16)20-17(23)21-15-5-9-25-18(15)6-10-24-11-7-18/h1-4,8,15H,5-7,9-11H2,(H,19,22)(H2,20,21,23). The van der Waals surface area contributed by atoms with Crippen molar-refractivity contribution in [3.63, 3.8) is 0 Å². The maximum atomic E-state index is 12.5. The van der Waals surface area contributed by atoms with Crippen LogP contribution in [0.4, 0.5) is 10.5 Å². The van der Waals surface area contributed by atoms with E-state index < -0.39 is 0 Å². The van der Waals surface area contributed by atoms with E-state index in [4.69, 9.17) is 9.47 Å². The molecule has 0 saturated carbocycles. The summed E-state index contributed by atoms with van der Waals surface area (Å²) in [5, 5.41) is 7.18. The number of ether oxygens (including phenoxy) is 2. The van der Waals surface area contributed by atoms with Gasteiger partial charge in [-0.1, -0.05) is 6.07 Å². The number of hydrogen-bond acceptors (Lipinski definition) is 4. The highest BCUT2D eigenvalue weighted by atomic mass is 16.5. The molecule has 1 unspecified atom stereocenters. The zero-order valence-corrected chi connectivity index (χ0v) is 13.8. The van der Waals surface area contributed by atoms with Crippen LogP contribution in [0.15, 0.2) is 35.3 Å². The smallest absolute Gasteiger partial charge is 0.319 e. The lowest BCUT2D eigenvalue weighted by molar-refractivity contribution is -0.0867. The minimum absolute atomic E-state index is 0.0326. The third-order valence-electron chi connectivity index (χ3n) is 5.14. The van der Waals surface area contributed by atoms with Crippen molar-refractivity contribution in [3.05, 3.63) is 40.8 Å². The van der Waals surface area contributed by atoms with Crippen molar-refractivity contribution in [2.45, 2.75) is 30.9 Å². The number of anilines is 1. The van der Waals surface area contributed by atoms with Crippen molar-refractivity contribution < 1.29 is 14.3 Å². The molecule has 1 aromatic carbocycles. The summed E-state index contributed by atoms with van der Waals surface area (Å²) in [7, 11) is 0. The first-order valence-electron chi connectivity index (χ1n) is 8.58. The molecule has 2 aromatic rings. The van der Waals surface area contributed by atoms with E-state index in [9.17, 15) is 9.59 Å². The number of H-pyrrole nitrogens is 1. The van der Waals surface area contributed by atoms with Gasteiger partial charge in [-0.3, -0.25) is 4.79 Å². The van der Waals surface area contributed by atoms with E-state index in [1.54, 1.807) is 30.5 Å². The van der Waals surface area contributed by atoms with Gasteiger partial charge in [0.15, 0.2) is 0 Å². The SMILES string of the molecule is O=C(Nc1cccc2c(=O)[nH]ccc12)NC1CCOC12CCOCC2. The Hall–Kier alpha value is -2.38. The van der Waals surface area contributed by atoms with Gasteiger partial charge >= 0.3 is 6.03 Å². The molecule has 0 bridgehead atoms. The second-order valence-corrected chi connectivity index (χ2v) is 6.54. The number of aromatic amines is 1. The zero-order chi connectivity index (χ0) is 17.3. The zero-order valence-electron chi connectivity index (χ0n) is 13.8. The maximum Gasteiger partial charge on any atom is 0.319 e. The molecule has 4 rings (SSSR count). The summed E-state index contributed by atoms with van der Waals surface area (Å²) < 4.78 is 11.4. The summed E-state index contributed by atoms with van der Waals surface area (Å²) in [6, 6.07) is 6.75. The molecule has 25 heavy (non-hydrogen) atoms. The number of hydrogen-bond donors (Lipinski definition) is 3. The van der Waals surface area contributed by atoms with E-state index in [2.05, 4.69) is 15.6 Å². The molecule has 2 aliphatic heterocycles. The van der Waals surface area contributed by atoms with Gasteiger partial charge in [0.2, 0.25) is 0 Å². The lowest BCUT2D eigenvalue weighted by Crippen LogP contribution is -2.53. The number of benzene rings is 1. The van der Waals surface area contributed by atoms with Crippen LogP contribution in [-0.2, 0) is 9.47 Å². The molecule has 1 atom stereocenters. The first kappa shape index (κ1) is 16.1. The maximum absolute atomic E-state index is 12.5. The number of amides is 2. The predicted molar refractivity (Wildman–Crippen MR) is 93.9 cm³/mol. The van der Waals surface area contributed by atoms with Crippen LogP contribution in [0.3, 0.4) is 0 Å². The second kappa shape index (κ2) is 6.50. The van der Waals surface area contributed by atoms with Crippen LogP contribution in [-0.4, -0.2) is 42.5 Å². The van der Waals surface area contributed by atoms with Gasteiger partial charge in [-0.2, -0.15) is 0 Å². The Balaban J connectivity index is 1.51. The Morgan fingerprint density at radius 2 is 2.00 bits per heavy atom. The number of nitrogens with one attached hydrogen (secondary N) is 3. The molecular formula is C18H21N3O4. The number of fused-ring (bicyclic) bond motifs is 1. The summed E-state index contributed by atoms with van der Waals surface area (Å²) >= 11 is 0. The van der Waals surface area contributed by atoms with Crippen LogP contribution >= 0.6 is 0 Å². The largest absolute Gasteiger partial charge is 0.381 e. The molecule has 132 valence electrons. The van der Waals surface area contributed by atoms with Gasteiger partial charge < -0.3 is 25.1 Å². The Labute approximate surface area is 144 Å². The number of rotatable bonds is 2. The van der Waals surface area contributed by atoms with Crippen LogP contribution in [0, 0.1) is 0 Å². The van der Waals surface area contributed by atoms with Crippen molar-refractivity contribution in [1.82, 2.24) is 10.3 Å². The number of aromatic nitrogens is 1. The molecular weight excluding hydrogens is 322 g/mol. The Morgan fingerprint density at radius 1 is 1.16 bits per heavy atom. The molecule has 0 radical (unpaired) electrons. The molecule has 1 aromatic heterocycles. The molecule has 3 heterocycles. The third kappa shape index (κ3) is 3.01. The lowest BCUT2D eigenvalue weighted by atomic mass is 9.86. The first-order chi connectivity index (χ1) is 12.2. The number of pyridine rings is 1. The van der Waals surface area contributed by atoms with Crippen molar-refractivity contribution >= 4 is 22.5 Å². The second-order valence-electron chi connectivity index (χ2n) is 6.54. The van der Waals surface area contributed by atoms with Gasteiger partial charge in [0, 0.05) is 49.6 Å². The molecule has 2 saturated heterocycles. The first-order valence-corrected chi connectivity index (χ1v) is 8.58. The lowest BCUT2D eigenvalue weighted by Gasteiger charge is -2.37. The summed E-state index contributed by atoms with van der Waals surface area (Å²) in [6.07, 6.45) is 3.96. The van der Waals surface area contributed by atoms with Crippen molar-refractivity contribution in [3.8, 4) is 0 Å². The highest BCUT2D eigenvalue weighted by Crippen LogP contribution is 2.35. The Bertz CT molecular complexity index is 842. The molecule has 3 N–H and O–H groups in total. The van der Waals surface area contributed by atoms with Crippen molar-refractivity contribution in [2.24, 2.45) is 0 Å².